The summed E-state index contributed by atoms with van der Waals surface area (Å²) < 4.78 is 1.02. The molecule has 0 atom stereocenters. The number of carbonyl (C=O) groups is 1. The number of fused-ring (bicyclic) bond motifs is 1. The summed E-state index contributed by atoms with van der Waals surface area (Å²) >= 11 is 9.44. The average Bonchev–Trinajstić information content (AvgIpc) is 3.20. The zero-order valence-corrected chi connectivity index (χ0v) is 18.4. The van der Waals surface area contributed by atoms with Gasteiger partial charge >= 0.3 is 0 Å². The summed E-state index contributed by atoms with van der Waals surface area (Å²) in [5.41, 5.74) is 3.48. The number of aromatic nitrogens is 1. The first-order valence-corrected chi connectivity index (χ1v) is 11.5. The van der Waals surface area contributed by atoms with Crippen molar-refractivity contribution in [3.8, 4) is 0 Å². The molecule has 0 saturated heterocycles. The van der Waals surface area contributed by atoms with Crippen molar-refractivity contribution in [2.45, 2.75) is 18.4 Å². The Morgan fingerprint density at radius 3 is 2.48 bits per heavy atom. The minimum absolute atomic E-state index is 0.0655. The van der Waals surface area contributed by atoms with Gasteiger partial charge in [-0.2, -0.15) is 0 Å². The highest BCUT2D eigenvalue weighted by molar-refractivity contribution is 7.98. The molecule has 4 rings (SSSR count). The van der Waals surface area contributed by atoms with Crippen molar-refractivity contribution in [2.24, 2.45) is 0 Å². The van der Waals surface area contributed by atoms with Crippen molar-refractivity contribution in [2.75, 3.05) is 11.2 Å². The van der Waals surface area contributed by atoms with Gasteiger partial charge in [0, 0.05) is 15.5 Å². The molecular weight excluding hydrogens is 420 g/mol. The zero-order valence-electron chi connectivity index (χ0n) is 16.1. The highest BCUT2D eigenvalue weighted by Gasteiger charge is 2.22. The third-order valence-electron chi connectivity index (χ3n) is 4.73. The van der Waals surface area contributed by atoms with Crippen LogP contribution >= 0.6 is 34.7 Å². The summed E-state index contributed by atoms with van der Waals surface area (Å²) in [4.78, 5) is 21.1. The molecule has 0 aliphatic heterocycles. The molecule has 0 aliphatic carbocycles. The second-order valence-corrected chi connectivity index (χ2v) is 8.92. The summed E-state index contributed by atoms with van der Waals surface area (Å²) in [5.74, 6) is -0.0655. The minimum Gasteiger partial charge on any atom is -0.279 e. The number of aryl methyl sites for hydroxylation is 1. The Bertz CT molecular complexity index is 1160. The quantitative estimate of drug-likeness (QED) is 0.320. The maximum absolute atomic E-state index is 13.4. The predicted molar refractivity (Wildman–Crippen MR) is 125 cm³/mol. The Morgan fingerprint density at radius 2 is 1.79 bits per heavy atom. The highest BCUT2D eigenvalue weighted by atomic mass is 35.5. The van der Waals surface area contributed by atoms with Gasteiger partial charge in [0.15, 0.2) is 5.13 Å². The van der Waals surface area contributed by atoms with Crippen LogP contribution in [0.1, 0.15) is 21.5 Å². The molecule has 0 saturated carbocycles. The van der Waals surface area contributed by atoms with Crippen molar-refractivity contribution in [3.63, 3.8) is 0 Å². The molecule has 4 aromatic rings. The van der Waals surface area contributed by atoms with Gasteiger partial charge in [-0.1, -0.05) is 53.3 Å². The van der Waals surface area contributed by atoms with E-state index in [1.165, 1.54) is 11.3 Å². The Kier molecular flexibility index (Phi) is 5.90. The van der Waals surface area contributed by atoms with Crippen molar-refractivity contribution in [1.82, 2.24) is 4.98 Å². The first-order valence-electron chi connectivity index (χ1n) is 9.12. The van der Waals surface area contributed by atoms with Gasteiger partial charge in [0.1, 0.15) is 0 Å². The molecule has 29 heavy (non-hydrogen) atoms. The van der Waals surface area contributed by atoms with E-state index >= 15 is 0 Å². The number of benzene rings is 3. The van der Waals surface area contributed by atoms with Gasteiger partial charge in [-0.15, -0.1) is 11.8 Å². The van der Waals surface area contributed by atoms with E-state index in [1.807, 2.05) is 79.9 Å². The van der Waals surface area contributed by atoms with E-state index in [1.54, 1.807) is 16.7 Å². The lowest BCUT2D eigenvalue weighted by molar-refractivity contribution is 0.0985. The van der Waals surface area contributed by atoms with Crippen LogP contribution in [0.2, 0.25) is 5.02 Å². The second-order valence-electron chi connectivity index (χ2n) is 6.62. The van der Waals surface area contributed by atoms with Gasteiger partial charge in [0.2, 0.25) is 0 Å². The summed E-state index contributed by atoms with van der Waals surface area (Å²) in [6, 6.07) is 21.5. The standard InChI is InChI=1S/C23H19ClN2OS2/c1-15-19(24)12-13-20-21(15)25-23(29-20)26(14-16-6-4-3-5-7-16)22(27)17-8-10-18(28-2)11-9-17/h3-13H,14H2,1-2H3. The molecular formula is C23H19ClN2OS2. The van der Waals surface area contributed by atoms with Crippen LogP contribution in [0.3, 0.4) is 0 Å². The van der Waals surface area contributed by atoms with Crippen LogP contribution in [-0.4, -0.2) is 17.1 Å². The van der Waals surface area contributed by atoms with E-state index in [0.717, 1.165) is 26.2 Å². The number of rotatable bonds is 5. The fraction of sp³-hybridized carbons (Fsp3) is 0.130. The van der Waals surface area contributed by atoms with E-state index in [4.69, 9.17) is 16.6 Å². The molecule has 0 N–H and O–H groups in total. The fourth-order valence-electron chi connectivity index (χ4n) is 3.09. The number of hydrogen-bond donors (Lipinski definition) is 0. The zero-order chi connectivity index (χ0) is 20.4. The monoisotopic (exact) mass is 438 g/mol. The SMILES string of the molecule is CSc1ccc(C(=O)N(Cc2ccccc2)c2nc3c(C)c(Cl)ccc3s2)cc1. The molecule has 1 aromatic heterocycles. The average molecular weight is 439 g/mol. The van der Waals surface area contributed by atoms with E-state index in [0.29, 0.717) is 22.3 Å². The Labute approximate surface area is 183 Å². The highest BCUT2D eigenvalue weighted by Crippen LogP contribution is 2.34. The lowest BCUT2D eigenvalue weighted by atomic mass is 10.1. The van der Waals surface area contributed by atoms with Crippen LogP contribution < -0.4 is 4.90 Å². The van der Waals surface area contributed by atoms with Gasteiger partial charge in [-0.3, -0.25) is 9.69 Å². The third kappa shape index (κ3) is 4.17. The van der Waals surface area contributed by atoms with Gasteiger partial charge in [-0.25, -0.2) is 4.98 Å². The van der Waals surface area contributed by atoms with Crippen molar-refractivity contribution in [3.05, 3.63) is 88.4 Å². The molecule has 0 bridgehead atoms. The maximum Gasteiger partial charge on any atom is 0.260 e. The van der Waals surface area contributed by atoms with Crippen LogP contribution in [0.25, 0.3) is 10.2 Å². The molecule has 0 radical (unpaired) electrons. The Hall–Kier alpha value is -2.34. The van der Waals surface area contributed by atoms with Gasteiger partial charge in [0.25, 0.3) is 5.91 Å². The molecule has 146 valence electrons. The van der Waals surface area contributed by atoms with Gasteiger partial charge in [0.05, 0.1) is 16.8 Å². The largest absolute Gasteiger partial charge is 0.279 e. The number of nitrogens with zero attached hydrogens (tertiary/aromatic N) is 2. The van der Waals surface area contributed by atoms with Crippen LogP contribution in [0.4, 0.5) is 5.13 Å². The molecule has 0 aliphatic rings. The topological polar surface area (TPSA) is 33.2 Å². The number of thioether (sulfide) groups is 1. The molecule has 0 spiro atoms. The molecule has 3 nitrogen and oxygen atoms in total. The normalized spacial score (nSPS) is 11.0. The van der Waals surface area contributed by atoms with Crippen LogP contribution in [-0.2, 0) is 6.54 Å². The number of anilines is 1. The number of hydrogen-bond acceptors (Lipinski definition) is 4. The first kappa shape index (κ1) is 20.0. The summed E-state index contributed by atoms with van der Waals surface area (Å²) in [6.07, 6.45) is 2.02. The third-order valence-corrected chi connectivity index (χ3v) is 6.93. The number of halogens is 1. The molecule has 1 heterocycles. The van der Waals surface area contributed by atoms with Crippen LogP contribution in [0.5, 0.6) is 0 Å². The lowest BCUT2D eigenvalue weighted by Gasteiger charge is -2.20. The van der Waals surface area contributed by atoms with E-state index in [9.17, 15) is 4.79 Å². The molecule has 6 heteroatoms. The fourth-order valence-corrected chi connectivity index (χ4v) is 4.67. The number of carbonyl (C=O) groups excluding carboxylic acids is 1. The first-order chi connectivity index (χ1) is 14.1. The predicted octanol–water partition coefficient (Wildman–Crippen LogP) is 6.83. The van der Waals surface area contributed by atoms with Crippen LogP contribution in [0.15, 0.2) is 71.6 Å². The van der Waals surface area contributed by atoms with Crippen molar-refractivity contribution in [1.29, 1.82) is 0 Å². The lowest BCUT2D eigenvalue weighted by Crippen LogP contribution is -2.30. The summed E-state index contributed by atoms with van der Waals surface area (Å²) in [5, 5.41) is 1.36. The van der Waals surface area contributed by atoms with Gasteiger partial charge in [-0.05, 0) is 60.7 Å². The minimum atomic E-state index is -0.0655. The van der Waals surface area contributed by atoms with Crippen molar-refractivity contribution >= 4 is 56.0 Å². The van der Waals surface area contributed by atoms with Crippen molar-refractivity contribution < 1.29 is 4.79 Å². The number of thiazole rings is 1. The van der Waals surface area contributed by atoms with Gasteiger partial charge < -0.3 is 0 Å². The number of amides is 1. The smallest absolute Gasteiger partial charge is 0.260 e. The van der Waals surface area contributed by atoms with E-state index in [-0.39, 0.29) is 5.91 Å². The molecule has 1 amide bonds. The summed E-state index contributed by atoms with van der Waals surface area (Å²) in [6.45, 7) is 2.41. The molecule has 0 fully saturated rings. The van der Waals surface area contributed by atoms with Crippen LogP contribution in [0, 0.1) is 6.92 Å². The Morgan fingerprint density at radius 1 is 1.07 bits per heavy atom. The summed E-state index contributed by atoms with van der Waals surface area (Å²) in [7, 11) is 0. The Balaban J connectivity index is 1.77. The van der Waals surface area contributed by atoms with E-state index < -0.39 is 0 Å². The second kappa shape index (κ2) is 8.57. The molecule has 3 aromatic carbocycles. The van der Waals surface area contributed by atoms with E-state index in [2.05, 4.69) is 0 Å². The molecule has 0 unspecified atom stereocenters. The maximum atomic E-state index is 13.4.